The number of hydrogen-bond donors (Lipinski definition) is 1. The van der Waals surface area contributed by atoms with E-state index in [4.69, 9.17) is 0 Å². The summed E-state index contributed by atoms with van der Waals surface area (Å²) in [6, 6.07) is 0. The fourth-order valence-corrected chi connectivity index (χ4v) is 0.719. The summed E-state index contributed by atoms with van der Waals surface area (Å²) in [5.74, 6) is 0. The molecule has 0 amide bonds. The summed E-state index contributed by atoms with van der Waals surface area (Å²) in [5.41, 5.74) is 2.60. The molecule has 0 aromatic rings. The summed E-state index contributed by atoms with van der Waals surface area (Å²) in [7, 11) is 0. The Morgan fingerprint density at radius 3 is 2.80 bits per heavy atom. The molecule has 0 rings (SSSR count). The topological polar surface area (TPSA) is 41.5 Å². The van der Waals surface area contributed by atoms with Gasteiger partial charge >= 0.3 is 0 Å². The van der Waals surface area contributed by atoms with E-state index >= 15 is 0 Å². The second kappa shape index (κ2) is 8.18. The molecule has 0 aliphatic rings. The standard InChI is InChI=1S/C7H14N2O/c1-2-3-4-5-6-8-9-7-10/h8H,2-6H2,1H3. The molecule has 3 nitrogen and oxygen atoms in total. The molecule has 0 aromatic heterocycles. The Morgan fingerprint density at radius 1 is 1.40 bits per heavy atom. The van der Waals surface area contributed by atoms with Crippen LogP contribution in [0.25, 0.3) is 0 Å². The van der Waals surface area contributed by atoms with E-state index in [0.29, 0.717) is 0 Å². The highest BCUT2D eigenvalue weighted by molar-refractivity contribution is 5.31. The molecule has 0 fully saturated rings. The van der Waals surface area contributed by atoms with Gasteiger partial charge in [-0.15, -0.1) is 0 Å². The third kappa shape index (κ3) is 7.18. The molecule has 0 radical (unpaired) electrons. The predicted octanol–water partition coefficient (Wildman–Crippen LogP) is 1.41. The maximum absolute atomic E-state index is 9.54. The van der Waals surface area contributed by atoms with Crippen molar-refractivity contribution < 1.29 is 4.79 Å². The fraction of sp³-hybridized carbons (Fsp3) is 0.857. The highest BCUT2D eigenvalue weighted by Gasteiger charge is 1.84. The van der Waals surface area contributed by atoms with E-state index in [2.05, 4.69) is 17.5 Å². The normalized spacial score (nSPS) is 8.50. The first-order valence-corrected chi connectivity index (χ1v) is 3.71. The molecule has 0 saturated heterocycles. The van der Waals surface area contributed by atoms with E-state index in [1.54, 1.807) is 0 Å². The van der Waals surface area contributed by atoms with Gasteiger partial charge < -0.3 is 0 Å². The minimum atomic E-state index is 0.787. The number of rotatable bonds is 6. The molecule has 0 bridgehead atoms. The summed E-state index contributed by atoms with van der Waals surface area (Å²) < 4.78 is 0. The van der Waals surface area contributed by atoms with Crippen molar-refractivity contribution in [1.29, 1.82) is 0 Å². The molecule has 1 N–H and O–H groups in total. The van der Waals surface area contributed by atoms with Crippen molar-refractivity contribution in [3.63, 3.8) is 0 Å². The lowest BCUT2D eigenvalue weighted by atomic mass is 10.2. The van der Waals surface area contributed by atoms with Crippen LogP contribution < -0.4 is 5.43 Å². The lowest BCUT2D eigenvalue weighted by Gasteiger charge is -1.96. The molecule has 3 heteroatoms. The van der Waals surface area contributed by atoms with Gasteiger partial charge in [0.2, 0.25) is 0 Å². The van der Waals surface area contributed by atoms with Crippen LogP contribution in [-0.4, -0.2) is 12.6 Å². The molecule has 0 spiro atoms. The molecular formula is C7H14N2O. The molecule has 0 unspecified atom stereocenters. The van der Waals surface area contributed by atoms with Gasteiger partial charge in [-0.1, -0.05) is 31.3 Å². The van der Waals surface area contributed by atoms with Crippen molar-refractivity contribution in [2.24, 2.45) is 5.10 Å². The zero-order valence-corrected chi connectivity index (χ0v) is 6.39. The van der Waals surface area contributed by atoms with Gasteiger partial charge in [0.25, 0.3) is 6.08 Å². The zero-order chi connectivity index (χ0) is 7.66. The Morgan fingerprint density at radius 2 is 2.20 bits per heavy atom. The second-order valence-corrected chi connectivity index (χ2v) is 2.17. The van der Waals surface area contributed by atoms with Gasteiger partial charge in [0, 0.05) is 6.54 Å². The number of unbranched alkanes of at least 4 members (excludes halogenated alkanes) is 3. The van der Waals surface area contributed by atoms with Crippen molar-refractivity contribution in [1.82, 2.24) is 5.43 Å². The SMILES string of the molecule is CCCCCCNN=C=O. The quantitative estimate of drug-likeness (QED) is 0.263. The largest absolute Gasteiger partial charge is 0.299 e. The average molecular weight is 142 g/mol. The monoisotopic (exact) mass is 142 g/mol. The molecule has 0 aliphatic heterocycles. The molecule has 0 saturated carbocycles. The van der Waals surface area contributed by atoms with Gasteiger partial charge in [0.15, 0.2) is 0 Å². The van der Waals surface area contributed by atoms with E-state index in [9.17, 15) is 4.79 Å². The van der Waals surface area contributed by atoms with Crippen LogP contribution in [0.5, 0.6) is 0 Å². The van der Waals surface area contributed by atoms with Crippen LogP contribution >= 0.6 is 0 Å². The first kappa shape index (κ1) is 9.18. The molecule has 0 aliphatic carbocycles. The van der Waals surface area contributed by atoms with Crippen LogP contribution in [0.4, 0.5) is 0 Å². The zero-order valence-electron chi connectivity index (χ0n) is 6.39. The first-order chi connectivity index (χ1) is 4.91. The number of carbonyl (C=O) groups excluding carboxylic acids is 1. The van der Waals surface area contributed by atoms with Gasteiger partial charge in [-0.05, 0) is 6.42 Å². The molecule has 0 aromatic carbocycles. The van der Waals surface area contributed by atoms with Gasteiger partial charge in [-0.25, -0.2) is 4.79 Å². The summed E-state index contributed by atoms with van der Waals surface area (Å²) in [6.45, 7) is 2.95. The highest BCUT2D eigenvalue weighted by Crippen LogP contribution is 1.96. The average Bonchev–Trinajstić information content (AvgIpc) is 1.97. The number of nitrogens with zero attached hydrogens (tertiary/aromatic N) is 1. The smallest absolute Gasteiger partial charge is 0.258 e. The van der Waals surface area contributed by atoms with E-state index in [1.165, 1.54) is 25.3 Å². The Balaban J connectivity index is 2.83. The molecule has 0 atom stereocenters. The summed E-state index contributed by atoms with van der Waals surface area (Å²) in [6.07, 6.45) is 6.20. The number of isocyanates is 1. The van der Waals surface area contributed by atoms with Crippen LogP contribution in [0.3, 0.4) is 0 Å². The Hall–Kier alpha value is -0.820. The second-order valence-electron chi connectivity index (χ2n) is 2.17. The summed E-state index contributed by atoms with van der Waals surface area (Å²) in [5, 5.41) is 3.21. The van der Waals surface area contributed by atoms with E-state index in [0.717, 1.165) is 13.0 Å². The minimum absolute atomic E-state index is 0.787. The lowest BCUT2D eigenvalue weighted by molar-refractivity contribution is 0.552. The summed E-state index contributed by atoms with van der Waals surface area (Å²) >= 11 is 0. The molecular weight excluding hydrogens is 128 g/mol. The number of hydrogen-bond acceptors (Lipinski definition) is 3. The van der Waals surface area contributed by atoms with Crippen LogP contribution in [0.1, 0.15) is 32.6 Å². The van der Waals surface area contributed by atoms with Crippen LogP contribution in [0, 0.1) is 0 Å². The van der Waals surface area contributed by atoms with Gasteiger partial charge in [0.1, 0.15) is 0 Å². The van der Waals surface area contributed by atoms with Gasteiger partial charge in [-0.2, -0.15) is 0 Å². The third-order valence-corrected chi connectivity index (χ3v) is 1.27. The Bertz CT molecular complexity index is 108. The first-order valence-electron chi connectivity index (χ1n) is 3.71. The summed E-state index contributed by atoms with van der Waals surface area (Å²) in [4.78, 5) is 9.54. The van der Waals surface area contributed by atoms with Crippen molar-refractivity contribution in [3.8, 4) is 0 Å². The van der Waals surface area contributed by atoms with Crippen LogP contribution in [0.2, 0.25) is 0 Å². The fourth-order valence-electron chi connectivity index (χ4n) is 0.719. The predicted molar refractivity (Wildman–Crippen MR) is 40.3 cm³/mol. The number of nitrogens with one attached hydrogen (secondary N) is 1. The molecule has 58 valence electrons. The van der Waals surface area contributed by atoms with Crippen molar-refractivity contribution in [2.75, 3.05) is 6.54 Å². The van der Waals surface area contributed by atoms with Crippen molar-refractivity contribution in [2.45, 2.75) is 32.6 Å². The lowest BCUT2D eigenvalue weighted by Crippen LogP contribution is -2.06. The van der Waals surface area contributed by atoms with E-state index in [1.807, 2.05) is 0 Å². The van der Waals surface area contributed by atoms with Gasteiger partial charge in [-0.3, -0.25) is 5.43 Å². The van der Waals surface area contributed by atoms with Crippen LogP contribution in [0.15, 0.2) is 5.10 Å². The highest BCUT2D eigenvalue weighted by atomic mass is 16.1. The van der Waals surface area contributed by atoms with Gasteiger partial charge in [0.05, 0.1) is 0 Å². The van der Waals surface area contributed by atoms with Crippen molar-refractivity contribution in [3.05, 3.63) is 0 Å². The third-order valence-electron chi connectivity index (χ3n) is 1.27. The Kier molecular flexibility index (Phi) is 7.51. The number of hydrazone groups is 1. The van der Waals surface area contributed by atoms with E-state index in [-0.39, 0.29) is 0 Å². The molecule has 0 heterocycles. The van der Waals surface area contributed by atoms with Crippen molar-refractivity contribution >= 4 is 6.08 Å². The van der Waals surface area contributed by atoms with E-state index < -0.39 is 0 Å². The minimum Gasteiger partial charge on any atom is -0.299 e. The maximum atomic E-state index is 9.54. The Labute approximate surface area is 61.5 Å². The van der Waals surface area contributed by atoms with Crippen LogP contribution in [-0.2, 0) is 4.79 Å². The maximum Gasteiger partial charge on any atom is 0.258 e. The molecule has 10 heavy (non-hydrogen) atoms.